The van der Waals surface area contributed by atoms with Crippen LogP contribution in [-0.4, -0.2) is 42.0 Å². The molecular formula is C23H25NO6. The van der Waals surface area contributed by atoms with Gasteiger partial charge in [-0.25, -0.2) is 0 Å². The second-order valence-electron chi connectivity index (χ2n) is 7.66. The molecule has 1 saturated carbocycles. The van der Waals surface area contributed by atoms with Gasteiger partial charge in [-0.05, 0) is 44.0 Å². The summed E-state index contributed by atoms with van der Waals surface area (Å²) in [7, 11) is 3.00. The van der Waals surface area contributed by atoms with Crippen LogP contribution in [0.4, 0.5) is 0 Å². The zero-order chi connectivity index (χ0) is 21.4. The molecule has 1 aliphatic heterocycles. The molecule has 1 aromatic heterocycles. The molecule has 30 heavy (non-hydrogen) atoms. The number of ketones is 1. The van der Waals surface area contributed by atoms with Gasteiger partial charge in [0.1, 0.15) is 34.8 Å². The van der Waals surface area contributed by atoms with Gasteiger partial charge < -0.3 is 23.9 Å². The van der Waals surface area contributed by atoms with Crippen LogP contribution < -0.4 is 9.47 Å². The van der Waals surface area contributed by atoms with Crippen molar-refractivity contribution in [3.8, 4) is 11.5 Å². The van der Waals surface area contributed by atoms with E-state index >= 15 is 0 Å². The highest BCUT2D eigenvalue weighted by Gasteiger charge is 2.50. The van der Waals surface area contributed by atoms with Crippen LogP contribution in [-0.2, 0) is 9.59 Å². The number of hydrogen-bond acceptors (Lipinski definition) is 6. The van der Waals surface area contributed by atoms with Gasteiger partial charge in [-0.2, -0.15) is 0 Å². The summed E-state index contributed by atoms with van der Waals surface area (Å²) in [6.07, 6.45) is 3.66. The van der Waals surface area contributed by atoms with E-state index in [2.05, 4.69) is 0 Å². The van der Waals surface area contributed by atoms with Crippen molar-refractivity contribution >= 4 is 17.4 Å². The third-order valence-corrected chi connectivity index (χ3v) is 5.89. The normalized spacial score (nSPS) is 21.4. The van der Waals surface area contributed by atoms with Crippen LogP contribution in [0.25, 0.3) is 5.76 Å². The molecule has 0 radical (unpaired) electrons. The summed E-state index contributed by atoms with van der Waals surface area (Å²) in [5.74, 6) is 0.427. The molecule has 4 rings (SSSR count). The zero-order valence-corrected chi connectivity index (χ0v) is 17.3. The maximum atomic E-state index is 13.1. The number of amides is 1. The number of benzene rings is 1. The first-order valence-corrected chi connectivity index (χ1v) is 10.0. The smallest absolute Gasteiger partial charge is 0.296 e. The van der Waals surface area contributed by atoms with Crippen molar-refractivity contribution in [1.29, 1.82) is 0 Å². The molecule has 7 heteroatoms. The number of carbonyl (C=O) groups excluding carboxylic acids is 2. The van der Waals surface area contributed by atoms with E-state index in [1.54, 1.807) is 42.2 Å². The van der Waals surface area contributed by atoms with E-state index in [1.165, 1.54) is 14.2 Å². The van der Waals surface area contributed by atoms with Crippen molar-refractivity contribution in [3.63, 3.8) is 0 Å². The van der Waals surface area contributed by atoms with Gasteiger partial charge in [0, 0.05) is 12.1 Å². The van der Waals surface area contributed by atoms with Crippen molar-refractivity contribution in [2.75, 3.05) is 14.2 Å². The summed E-state index contributed by atoms with van der Waals surface area (Å²) in [5.41, 5.74) is 0.334. The van der Waals surface area contributed by atoms with Crippen molar-refractivity contribution in [2.45, 2.75) is 44.7 Å². The lowest BCUT2D eigenvalue weighted by molar-refractivity contribution is -0.141. The zero-order valence-electron chi connectivity index (χ0n) is 17.3. The molecule has 1 saturated heterocycles. The summed E-state index contributed by atoms with van der Waals surface area (Å²) in [4.78, 5) is 27.7. The summed E-state index contributed by atoms with van der Waals surface area (Å²) < 4.78 is 16.4. The van der Waals surface area contributed by atoms with Crippen LogP contribution >= 0.6 is 0 Å². The Morgan fingerprint density at radius 1 is 1.10 bits per heavy atom. The first-order chi connectivity index (χ1) is 14.5. The van der Waals surface area contributed by atoms with Gasteiger partial charge in [-0.1, -0.05) is 12.8 Å². The van der Waals surface area contributed by atoms with Crippen molar-refractivity contribution in [1.82, 2.24) is 4.90 Å². The minimum Gasteiger partial charge on any atom is -0.507 e. The number of likely N-dealkylation sites (tertiary alicyclic amines) is 1. The molecule has 1 N–H and O–H groups in total. The molecule has 2 aromatic rings. The lowest BCUT2D eigenvalue weighted by atomic mass is 9.98. The van der Waals surface area contributed by atoms with Gasteiger partial charge in [-0.3, -0.25) is 9.59 Å². The predicted octanol–water partition coefficient (Wildman–Crippen LogP) is 3.97. The summed E-state index contributed by atoms with van der Waals surface area (Å²) in [6.45, 7) is 1.80. The highest BCUT2D eigenvalue weighted by Crippen LogP contribution is 2.45. The van der Waals surface area contributed by atoms with Crippen LogP contribution in [0.2, 0.25) is 0 Å². The Morgan fingerprint density at radius 3 is 2.43 bits per heavy atom. The Kier molecular flexibility index (Phi) is 5.28. The van der Waals surface area contributed by atoms with Crippen molar-refractivity contribution < 1.29 is 28.6 Å². The molecule has 158 valence electrons. The van der Waals surface area contributed by atoms with Crippen LogP contribution in [0.5, 0.6) is 11.5 Å². The minimum absolute atomic E-state index is 0.0183. The van der Waals surface area contributed by atoms with Crippen LogP contribution in [0, 0.1) is 6.92 Å². The highest BCUT2D eigenvalue weighted by atomic mass is 16.5. The lowest BCUT2D eigenvalue weighted by Crippen LogP contribution is -2.37. The fraction of sp³-hybridized carbons (Fsp3) is 0.391. The number of ether oxygens (including phenoxy) is 2. The lowest BCUT2D eigenvalue weighted by Gasteiger charge is -2.29. The third-order valence-electron chi connectivity index (χ3n) is 5.89. The number of methoxy groups -OCH3 is 2. The third kappa shape index (κ3) is 3.24. The average Bonchev–Trinajstić information content (AvgIpc) is 3.48. The second-order valence-corrected chi connectivity index (χ2v) is 7.66. The van der Waals surface area contributed by atoms with E-state index in [-0.39, 0.29) is 17.4 Å². The maximum Gasteiger partial charge on any atom is 0.296 e. The van der Waals surface area contributed by atoms with Crippen LogP contribution in [0.3, 0.4) is 0 Å². The number of aryl methyl sites for hydroxylation is 1. The first-order valence-electron chi connectivity index (χ1n) is 10.0. The Labute approximate surface area is 174 Å². The Bertz CT molecular complexity index is 1010. The van der Waals surface area contributed by atoms with Crippen LogP contribution in [0.1, 0.15) is 48.8 Å². The number of hydrogen-bond donors (Lipinski definition) is 1. The van der Waals surface area contributed by atoms with E-state index in [9.17, 15) is 14.7 Å². The summed E-state index contributed by atoms with van der Waals surface area (Å²) in [5, 5.41) is 11.2. The molecule has 1 unspecified atom stereocenters. The van der Waals surface area contributed by atoms with Gasteiger partial charge in [0.25, 0.3) is 11.7 Å². The molecule has 1 aliphatic carbocycles. The monoisotopic (exact) mass is 411 g/mol. The van der Waals surface area contributed by atoms with Crippen molar-refractivity contribution in [3.05, 3.63) is 53.0 Å². The van der Waals surface area contributed by atoms with Gasteiger partial charge >= 0.3 is 0 Å². The van der Waals surface area contributed by atoms with E-state index in [4.69, 9.17) is 13.9 Å². The number of carbonyl (C=O) groups is 2. The van der Waals surface area contributed by atoms with Gasteiger partial charge in [0.05, 0.1) is 25.4 Å². The van der Waals surface area contributed by atoms with E-state index in [0.29, 0.717) is 28.6 Å². The van der Waals surface area contributed by atoms with Gasteiger partial charge in [-0.15, -0.1) is 0 Å². The first kappa shape index (κ1) is 20.1. The fourth-order valence-corrected chi connectivity index (χ4v) is 4.43. The Hall–Kier alpha value is -3.22. The molecule has 0 bridgehead atoms. The standard InChI is InChI=1S/C23H25NO6/c1-13-8-11-17(30-13)20-19(22(26)23(27)24(20)14-6-4-5-7-14)21(25)16-10-9-15(28-2)12-18(16)29-3/h8-12,14,20,25H,4-7H2,1-3H3/b21-19-. The SMILES string of the molecule is COc1ccc(/C(O)=C2/C(=O)C(=O)N(C3CCCC3)C2c2ccc(C)o2)c(OC)c1. The second kappa shape index (κ2) is 7.89. The molecule has 0 spiro atoms. The number of rotatable bonds is 5. The minimum atomic E-state index is -0.770. The molecule has 2 heterocycles. The number of Topliss-reactive ketones (excluding diaryl/α,β-unsaturated/α-hetero) is 1. The molecule has 1 amide bonds. The topological polar surface area (TPSA) is 89.2 Å². The van der Waals surface area contributed by atoms with Crippen molar-refractivity contribution in [2.24, 2.45) is 0 Å². The maximum absolute atomic E-state index is 13.1. The van der Waals surface area contributed by atoms with Gasteiger partial charge in [0.15, 0.2) is 0 Å². The van der Waals surface area contributed by atoms with E-state index < -0.39 is 17.7 Å². The highest BCUT2D eigenvalue weighted by molar-refractivity contribution is 6.46. The molecule has 1 aromatic carbocycles. The number of aliphatic hydroxyl groups excluding tert-OH is 1. The fourth-order valence-electron chi connectivity index (χ4n) is 4.43. The van der Waals surface area contributed by atoms with Gasteiger partial charge in [0.2, 0.25) is 0 Å². The number of nitrogens with zero attached hydrogens (tertiary/aromatic N) is 1. The van der Waals surface area contributed by atoms with E-state index in [1.807, 2.05) is 0 Å². The average molecular weight is 411 g/mol. The van der Waals surface area contributed by atoms with E-state index in [0.717, 1.165) is 25.7 Å². The van der Waals surface area contributed by atoms with Crippen LogP contribution in [0.15, 0.2) is 40.3 Å². The number of aliphatic hydroxyl groups is 1. The Morgan fingerprint density at radius 2 is 1.83 bits per heavy atom. The molecule has 1 atom stereocenters. The largest absolute Gasteiger partial charge is 0.507 e. The molecular weight excluding hydrogens is 386 g/mol. The number of furan rings is 1. The quantitative estimate of drug-likeness (QED) is 0.455. The molecule has 2 aliphatic rings. The predicted molar refractivity (Wildman–Crippen MR) is 109 cm³/mol. The Balaban J connectivity index is 1.89. The summed E-state index contributed by atoms with van der Waals surface area (Å²) >= 11 is 0. The molecule has 2 fully saturated rings. The summed E-state index contributed by atoms with van der Waals surface area (Å²) in [6, 6.07) is 7.61. The molecule has 7 nitrogen and oxygen atoms in total.